The van der Waals surface area contributed by atoms with Crippen LogP contribution in [0.25, 0.3) is 0 Å². The smallest absolute Gasteiger partial charge is 0.352 e. The lowest BCUT2D eigenvalue weighted by Crippen LogP contribution is -2.70. The maximum absolute atomic E-state index is 12.3. The molecule has 2 atom stereocenters. The molecule has 1 aromatic carbocycles. The van der Waals surface area contributed by atoms with E-state index < -0.39 is 23.8 Å². The minimum Gasteiger partial charge on any atom is -0.484 e. The number of carbonyl (C=O) groups excluding carboxylic acids is 2. The summed E-state index contributed by atoms with van der Waals surface area (Å²) in [6.07, 6.45) is 0. The summed E-state index contributed by atoms with van der Waals surface area (Å²) >= 11 is 3.55. The fourth-order valence-corrected chi connectivity index (χ4v) is 5.01. The fraction of sp³-hybridized carbons (Fsp3) is 0.312. The minimum atomic E-state index is -1.11. The molecular formula is C16H15IN2O5S. The van der Waals surface area contributed by atoms with Gasteiger partial charge in [0.1, 0.15) is 22.9 Å². The van der Waals surface area contributed by atoms with Gasteiger partial charge in [-0.3, -0.25) is 14.5 Å². The molecule has 2 aliphatic rings. The SMILES string of the molecule is O=C(COc1ccccc1)N[C@@H]1C(=O)N2C(C(=O)O)=C(CI)CS[C@@H]12. The summed E-state index contributed by atoms with van der Waals surface area (Å²) in [5.74, 6) is -0.823. The highest BCUT2D eigenvalue weighted by atomic mass is 127. The normalized spacial score (nSPS) is 22.1. The third-order valence-electron chi connectivity index (χ3n) is 3.84. The van der Waals surface area contributed by atoms with E-state index in [1.807, 2.05) is 6.07 Å². The molecule has 0 unspecified atom stereocenters. The van der Waals surface area contributed by atoms with Gasteiger partial charge in [-0.15, -0.1) is 11.8 Å². The molecule has 25 heavy (non-hydrogen) atoms. The third kappa shape index (κ3) is 3.61. The number of fused-ring (bicyclic) bond motifs is 1. The molecule has 7 nitrogen and oxygen atoms in total. The Kier molecular flexibility index (Phi) is 5.52. The number of ether oxygens (including phenoxy) is 1. The van der Waals surface area contributed by atoms with Crippen LogP contribution >= 0.6 is 34.4 Å². The number of hydrogen-bond acceptors (Lipinski definition) is 5. The molecule has 0 bridgehead atoms. The second-order valence-electron chi connectivity index (χ2n) is 5.45. The Morgan fingerprint density at radius 2 is 2.08 bits per heavy atom. The van der Waals surface area contributed by atoms with Gasteiger partial charge in [-0.2, -0.15) is 0 Å². The molecule has 1 saturated heterocycles. The molecule has 0 saturated carbocycles. The van der Waals surface area contributed by atoms with Crippen molar-refractivity contribution in [2.45, 2.75) is 11.4 Å². The lowest BCUT2D eigenvalue weighted by atomic mass is 10.0. The van der Waals surface area contributed by atoms with Gasteiger partial charge in [0.15, 0.2) is 6.61 Å². The van der Waals surface area contributed by atoms with Crippen molar-refractivity contribution < 1.29 is 24.2 Å². The summed E-state index contributed by atoms with van der Waals surface area (Å²) < 4.78 is 5.90. The van der Waals surface area contributed by atoms with Crippen molar-refractivity contribution in [2.75, 3.05) is 16.8 Å². The van der Waals surface area contributed by atoms with Crippen LogP contribution in [0.15, 0.2) is 41.6 Å². The molecule has 132 valence electrons. The zero-order chi connectivity index (χ0) is 18.0. The highest BCUT2D eigenvalue weighted by Gasteiger charge is 2.54. The Balaban J connectivity index is 1.61. The highest BCUT2D eigenvalue weighted by molar-refractivity contribution is 14.1. The number of carboxylic acids is 1. The number of halogens is 1. The van der Waals surface area contributed by atoms with E-state index in [4.69, 9.17) is 4.74 Å². The fourth-order valence-electron chi connectivity index (χ4n) is 2.67. The topological polar surface area (TPSA) is 95.9 Å². The number of aliphatic carboxylic acids is 1. The van der Waals surface area contributed by atoms with Crippen LogP contribution in [-0.2, 0) is 14.4 Å². The molecule has 2 amide bonds. The lowest BCUT2D eigenvalue weighted by Gasteiger charge is -2.49. The first-order valence-electron chi connectivity index (χ1n) is 7.46. The van der Waals surface area contributed by atoms with Gasteiger partial charge in [0.25, 0.3) is 11.8 Å². The van der Waals surface area contributed by atoms with Gasteiger partial charge < -0.3 is 15.2 Å². The van der Waals surface area contributed by atoms with E-state index in [0.29, 0.717) is 15.9 Å². The monoisotopic (exact) mass is 474 g/mol. The number of thioether (sulfide) groups is 1. The summed E-state index contributed by atoms with van der Waals surface area (Å²) in [6, 6.07) is 8.17. The average molecular weight is 474 g/mol. The van der Waals surface area contributed by atoms with E-state index in [9.17, 15) is 19.5 Å². The number of amides is 2. The molecule has 2 aliphatic heterocycles. The largest absolute Gasteiger partial charge is 0.484 e. The molecule has 0 radical (unpaired) electrons. The first-order chi connectivity index (χ1) is 12.0. The van der Waals surface area contributed by atoms with Gasteiger partial charge in [-0.1, -0.05) is 40.8 Å². The van der Waals surface area contributed by atoms with Crippen molar-refractivity contribution in [3.05, 3.63) is 41.6 Å². The summed E-state index contributed by atoms with van der Waals surface area (Å²) in [6.45, 7) is -0.203. The van der Waals surface area contributed by atoms with E-state index in [0.717, 1.165) is 5.57 Å². The maximum atomic E-state index is 12.3. The number of carbonyl (C=O) groups is 3. The molecule has 1 aromatic rings. The minimum absolute atomic E-state index is 0.0502. The first kappa shape index (κ1) is 18.1. The van der Waals surface area contributed by atoms with Crippen molar-refractivity contribution in [3.8, 4) is 5.75 Å². The number of hydrogen-bond donors (Lipinski definition) is 2. The predicted molar refractivity (Wildman–Crippen MR) is 101 cm³/mol. The number of nitrogens with zero attached hydrogens (tertiary/aromatic N) is 1. The van der Waals surface area contributed by atoms with Gasteiger partial charge in [0, 0.05) is 10.2 Å². The van der Waals surface area contributed by atoms with Crippen LogP contribution in [0, 0.1) is 0 Å². The van der Waals surface area contributed by atoms with E-state index in [2.05, 4.69) is 27.9 Å². The molecule has 9 heteroatoms. The number of rotatable bonds is 6. The summed E-state index contributed by atoms with van der Waals surface area (Å²) in [4.78, 5) is 37.1. The highest BCUT2D eigenvalue weighted by Crippen LogP contribution is 2.40. The van der Waals surface area contributed by atoms with Crippen molar-refractivity contribution in [1.82, 2.24) is 10.2 Å². The molecule has 0 aliphatic carbocycles. The molecule has 2 heterocycles. The second kappa shape index (κ2) is 7.65. The number of β-lactam (4-membered cyclic amide) rings is 1. The first-order valence-corrected chi connectivity index (χ1v) is 10.0. The Labute approximate surface area is 161 Å². The number of para-hydroxylation sites is 1. The molecule has 0 spiro atoms. The van der Waals surface area contributed by atoms with Crippen LogP contribution in [0.5, 0.6) is 5.75 Å². The quantitative estimate of drug-likeness (QED) is 0.366. The van der Waals surface area contributed by atoms with Gasteiger partial charge in [-0.25, -0.2) is 4.79 Å². The Morgan fingerprint density at radius 1 is 1.36 bits per heavy atom. The van der Waals surface area contributed by atoms with Crippen LogP contribution in [-0.4, -0.2) is 56.0 Å². The van der Waals surface area contributed by atoms with Gasteiger partial charge in [-0.05, 0) is 17.7 Å². The van der Waals surface area contributed by atoms with E-state index in [1.165, 1.54) is 16.7 Å². The Hall–Kier alpha value is -1.75. The summed E-state index contributed by atoms with van der Waals surface area (Å²) in [7, 11) is 0. The number of benzene rings is 1. The second-order valence-corrected chi connectivity index (χ2v) is 7.32. The Bertz CT molecular complexity index is 739. The van der Waals surface area contributed by atoms with Crippen molar-refractivity contribution in [2.24, 2.45) is 0 Å². The van der Waals surface area contributed by atoms with Crippen molar-refractivity contribution >= 4 is 52.1 Å². The van der Waals surface area contributed by atoms with Crippen LogP contribution < -0.4 is 10.1 Å². The molecule has 2 N–H and O–H groups in total. The van der Waals surface area contributed by atoms with Crippen LogP contribution in [0.3, 0.4) is 0 Å². The average Bonchev–Trinajstić information content (AvgIpc) is 2.63. The maximum Gasteiger partial charge on any atom is 0.352 e. The van der Waals surface area contributed by atoms with Crippen molar-refractivity contribution in [1.29, 1.82) is 0 Å². The number of carboxylic acid groups (broad SMARTS) is 1. The molecular weight excluding hydrogens is 459 g/mol. The predicted octanol–water partition coefficient (Wildman–Crippen LogP) is 1.24. The Morgan fingerprint density at radius 3 is 2.72 bits per heavy atom. The van der Waals surface area contributed by atoms with E-state index in [-0.39, 0.29) is 17.7 Å². The molecule has 0 aromatic heterocycles. The summed E-state index contributed by atoms with van der Waals surface area (Å²) in [5.41, 5.74) is 0.772. The zero-order valence-electron chi connectivity index (χ0n) is 13.0. The zero-order valence-corrected chi connectivity index (χ0v) is 16.0. The van der Waals surface area contributed by atoms with Crippen LogP contribution in [0.1, 0.15) is 0 Å². The van der Waals surface area contributed by atoms with E-state index in [1.54, 1.807) is 24.3 Å². The molecule has 1 fully saturated rings. The van der Waals surface area contributed by atoms with Crippen molar-refractivity contribution in [3.63, 3.8) is 0 Å². The number of nitrogens with one attached hydrogen (secondary N) is 1. The standard InChI is InChI=1S/C16H15IN2O5S/c17-6-9-8-25-15-12(14(21)19(15)13(9)16(22)23)18-11(20)7-24-10-4-2-1-3-5-10/h1-5,12,15H,6-8H2,(H,18,20)(H,22,23)/t12-,15+/m1/s1. The van der Waals surface area contributed by atoms with Gasteiger partial charge in [0.2, 0.25) is 0 Å². The summed E-state index contributed by atoms with van der Waals surface area (Å²) in [5, 5.41) is 11.6. The van der Waals surface area contributed by atoms with Gasteiger partial charge in [0.05, 0.1) is 0 Å². The number of alkyl halides is 1. The van der Waals surface area contributed by atoms with Crippen LogP contribution in [0.2, 0.25) is 0 Å². The lowest BCUT2D eigenvalue weighted by molar-refractivity contribution is -0.150. The van der Waals surface area contributed by atoms with Crippen LogP contribution in [0.4, 0.5) is 0 Å². The van der Waals surface area contributed by atoms with E-state index >= 15 is 0 Å². The molecule has 3 rings (SSSR count). The third-order valence-corrected chi connectivity index (χ3v) is 6.10. The van der Waals surface area contributed by atoms with Gasteiger partial charge >= 0.3 is 5.97 Å².